The molecule has 0 unspecified atom stereocenters. The number of nitrogens with one attached hydrogen (secondary N) is 1. The van der Waals surface area contributed by atoms with Gasteiger partial charge in [0.2, 0.25) is 0 Å². The van der Waals surface area contributed by atoms with Crippen LogP contribution in [0.5, 0.6) is 0 Å². The lowest BCUT2D eigenvalue weighted by atomic mass is 10.2. The number of esters is 1. The highest BCUT2D eigenvalue weighted by Crippen LogP contribution is 2.22. The fourth-order valence-corrected chi connectivity index (χ4v) is 5.65. The number of ether oxygens (including phenoxy) is 1. The van der Waals surface area contributed by atoms with E-state index in [9.17, 15) is 18.0 Å². The van der Waals surface area contributed by atoms with E-state index in [1.165, 1.54) is 0 Å². The minimum absolute atomic E-state index is 0.0432. The van der Waals surface area contributed by atoms with Gasteiger partial charge in [-0.2, -0.15) is 0 Å². The number of carbonyl (C=O) groups excluding carboxylic acids is 2. The highest BCUT2D eigenvalue weighted by Gasteiger charge is 2.28. The first kappa shape index (κ1) is 19.8. The second-order valence-corrected chi connectivity index (χ2v) is 9.95. The molecule has 0 spiro atoms. The average molecular weight is 411 g/mol. The Bertz CT molecular complexity index is 890. The van der Waals surface area contributed by atoms with Gasteiger partial charge in [-0.1, -0.05) is 12.1 Å². The number of nitrogens with zero attached hydrogens (tertiary/aromatic N) is 1. The number of thiazole rings is 1. The van der Waals surface area contributed by atoms with Crippen LogP contribution in [0.4, 0.5) is 0 Å². The number of aryl methyl sites for hydroxylation is 1. The van der Waals surface area contributed by atoms with E-state index in [4.69, 9.17) is 4.74 Å². The number of sulfone groups is 1. The van der Waals surface area contributed by atoms with E-state index in [0.29, 0.717) is 12.8 Å². The van der Waals surface area contributed by atoms with E-state index in [1.807, 2.05) is 24.3 Å². The Labute approximate surface area is 162 Å². The molecule has 1 N–H and O–H groups in total. The normalized spacial score (nSPS) is 18.4. The van der Waals surface area contributed by atoms with E-state index in [2.05, 4.69) is 10.3 Å². The van der Waals surface area contributed by atoms with Gasteiger partial charge >= 0.3 is 5.97 Å². The van der Waals surface area contributed by atoms with Crippen LogP contribution in [-0.4, -0.2) is 49.4 Å². The molecule has 1 fully saturated rings. The summed E-state index contributed by atoms with van der Waals surface area (Å²) in [6.07, 6.45) is 2.95. The summed E-state index contributed by atoms with van der Waals surface area (Å²) in [6.45, 7) is -0.368. The molecule has 1 aromatic heterocycles. The Morgan fingerprint density at radius 1 is 1.26 bits per heavy atom. The van der Waals surface area contributed by atoms with Crippen LogP contribution in [0.15, 0.2) is 24.3 Å². The van der Waals surface area contributed by atoms with Crippen molar-refractivity contribution >= 4 is 43.3 Å². The monoisotopic (exact) mass is 410 g/mol. The lowest BCUT2D eigenvalue weighted by molar-refractivity contribution is -0.148. The van der Waals surface area contributed by atoms with Gasteiger partial charge in [-0.3, -0.25) is 9.59 Å². The first-order valence-corrected chi connectivity index (χ1v) is 11.5. The van der Waals surface area contributed by atoms with Gasteiger partial charge < -0.3 is 10.1 Å². The Morgan fingerprint density at radius 2 is 2.07 bits per heavy atom. The molecule has 7 nitrogen and oxygen atoms in total. The first-order valence-electron chi connectivity index (χ1n) is 8.91. The van der Waals surface area contributed by atoms with Crippen LogP contribution in [-0.2, 0) is 30.6 Å². The number of unbranched alkanes of at least 4 members (excludes halogenated alkanes) is 1. The van der Waals surface area contributed by atoms with Gasteiger partial charge in [-0.05, 0) is 37.8 Å². The molecule has 1 aliphatic heterocycles. The molecule has 2 aromatic rings. The van der Waals surface area contributed by atoms with E-state index < -0.39 is 21.7 Å². The maximum atomic E-state index is 11.7. The van der Waals surface area contributed by atoms with Crippen LogP contribution in [0.25, 0.3) is 10.2 Å². The summed E-state index contributed by atoms with van der Waals surface area (Å²) in [7, 11) is -3.05. The van der Waals surface area contributed by atoms with Gasteiger partial charge in [0.05, 0.1) is 26.7 Å². The summed E-state index contributed by atoms with van der Waals surface area (Å²) in [4.78, 5) is 28.0. The highest BCUT2D eigenvalue weighted by molar-refractivity contribution is 7.91. The largest absolute Gasteiger partial charge is 0.456 e. The fourth-order valence-electron chi connectivity index (χ4n) is 2.97. The van der Waals surface area contributed by atoms with Gasteiger partial charge in [0.25, 0.3) is 5.91 Å². The number of carbonyl (C=O) groups is 2. The molecule has 1 aromatic carbocycles. The molecule has 0 aliphatic carbocycles. The summed E-state index contributed by atoms with van der Waals surface area (Å²) in [5, 5.41) is 3.64. The molecule has 1 atom stereocenters. The lowest BCUT2D eigenvalue weighted by Crippen LogP contribution is -2.38. The minimum Gasteiger partial charge on any atom is -0.456 e. The Kier molecular flexibility index (Phi) is 6.43. The standard InChI is InChI=1S/C18H22N2O5S2/c21-16(19-13-9-10-27(23,24)12-13)11-25-18(22)8-4-3-7-17-20-14-5-1-2-6-15(14)26-17/h1-2,5-6,13H,3-4,7-12H2,(H,19,21)/t13-/m0/s1. The molecule has 9 heteroatoms. The average Bonchev–Trinajstić information content (AvgIpc) is 3.19. The molecular weight excluding hydrogens is 388 g/mol. The Morgan fingerprint density at radius 3 is 2.81 bits per heavy atom. The Hall–Kier alpha value is -2.00. The molecule has 0 bridgehead atoms. The predicted octanol–water partition coefficient (Wildman–Crippen LogP) is 1.86. The summed E-state index contributed by atoms with van der Waals surface area (Å²) < 4.78 is 28.8. The van der Waals surface area contributed by atoms with Gasteiger partial charge in [0.15, 0.2) is 16.4 Å². The second-order valence-electron chi connectivity index (χ2n) is 6.61. The molecule has 0 saturated carbocycles. The summed E-state index contributed by atoms with van der Waals surface area (Å²) >= 11 is 1.66. The molecule has 1 aliphatic rings. The third-order valence-electron chi connectivity index (χ3n) is 4.32. The zero-order valence-electron chi connectivity index (χ0n) is 14.8. The van der Waals surface area contributed by atoms with Crippen molar-refractivity contribution in [2.75, 3.05) is 18.1 Å². The second kappa shape index (κ2) is 8.79. The van der Waals surface area contributed by atoms with Crippen molar-refractivity contribution in [2.24, 2.45) is 0 Å². The smallest absolute Gasteiger partial charge is 0.306 e. The molecule has 1 amide bonds. The lowest BCUT2D eigenvalue weighted by Gasteiger charge is -2.10. The van der Waals surface area contributed by atoms with Crippen LogP contribution in [0.2, 0.25) is 0 Å². The van der Waals surface area contributed by atoms with Crippen LogP contribution < -0.4 is 5.32 Å². The van der Waals surface area contributed by atoms with Gasteiger partial charge in [0.1, 0.15) is 0 Å². The van der Waals surface area contributed by atoms with Crippen LogP contribution >= 0.6 is 11.3 Å². The number of hydrogen-bond acceptors (Lipinski definition) is 7. The van der Waals surface area contributed by atoms with E-state index >= 15 is 0 Å². The zero-order valence-corrected chi connectivity index (χ0v) is 16.5. The summed E-state index contributed by atoms with van der Waals surface area (Å²) in [5.74, 6) is -0.835. The van der Waals surface area contributed by atoms with Crippen LogP contribution in [0.1, 0.15) is 30.7 Å². The molecule has 1 saturated heterocycles. The van der Waals surface area contributed by atoms with Crippen molar-refractivity contribution < 1.29 is 22.7 Å². The third-order valence-corrected chi connectivity index (χ3v) is 7.19. The molecule has 2 heterocycles. The number of aromatic nitrogens is 1. The number of hydrogen-bond donors (Lipinski definition) is 1. The number of rotatable bonds is 8. The van der Waals surface area contributed by atoms with Crippen molar-refractivity contribution in [3.8, 4) is 0 Å². The van der Waals surface area contributed by atoms with E-state index in [1.54, 1.807) is 11.3 Å². The van der Waals surface area contributed by atoms with Crippen LogP contribution in [0.3, 0.4) is 0 Å². The number of amides is 1. The van der Waals surface area contributed by atoms with Crippen molar-refractivity contribution in [2.45, 2.75) is 38.1 Å². The van der Waals surface area contributed by atoms with Crippen molar-refractivity contribution in [1.29, 1.82) is 0 Å². The number of para-hydroxylation sites is 1. The van der Waals surface area contributed by atoms with Gasteiger partial charge in [-0.15, -0.1) is 11.3 Å². The van der Waals surface area contributed by atoms with Crippen LogP contribution in [0, 0.1) is 0 Å². The first-order chi connectivity index (χ1) is 12.9. The summed E-state index contributed by atoms with van der Waals surface area (Å²) in [5.41, 5.74) is 0.998. The minimum atomic E-state index is -3.05. The molecule has 27 heavy (non-hydrogen) atoms. The highest BCUT2D eigenvalue weighted by atomic mass is 32.2. The topological polar surface area (TPSA) is 102 Å². The zero-order chi connectivity index (χ0) is 19.3. The maximum absolute atomic E-state index is 11.7. The van der Waals surface area contributed by atoms with E-state index in [-0.39, 0.29) is 30.6 Å². The molecule has 146 valence electrons. The van der Waals surface area contributed by atoms with Crippen molar-refractivity contribution in [3.63, 3.8) is 0 Å². The van der Waals surface area contributed by atoms with Gasteiger partial charge in [-0.25, -0.2) is 13.4 Å². The molecular formula is C18H22N2O5S2. The van der Waals surface area contributed by atoms with Gasteiger partial charge in [0, 0.05) is 12.5 Å². The Balaban J connectivity index is 1.30. The van der Waals surface area contributed by atoms with Crippen molar-refractivity contribution in [3.05, 3.63) is 29.3 Å². The number of benzene rings is 1. The SMILES string of the molecule is O=C(COC(=O)CCCCc1nc2ccccc2s1)N[C@H]1CCS(=O)(=O)C1. The predicted molar refractivity (Wildman–Crippen MR) is 103 cm³/mol. The third kappa shape index (κ3) is 6.00. The quantitative estimate of drug-likeness (QED) is 0.526. The van der Waals surface area contributed by atoms with Crippen molar-refractivity contribution in [1.82, 2.24) is 10.3 Å². The molecule has 0 radical (unpaired) electrons. The molecule has 3 rings (SSSR count). The van der Waals surface area contributed by atoms with E-state index in [0.717, 1.165) is 28.1 Å². The maximum Gasteiger partial charge on any atom is 0.306 e. The number of fused-ring (bicyclic) bond motifs is 1. The fraction of sp³-hybridized carbons (Fsp3) is 0.500. The summed E-state index contributed by atoms with van der Waals surface area (Å²) in [6, 6.07) is 7.60.